The number of nitrogens with one attached hydrogen (secondary N) is 2. The van der Waals surface area contributed by atoms with Crippen molar-refractivity contribution in [3.8, 4) is 5.75 Å². The molecular weight excluding hydrogens is 457 g/mol. The van der Waals surface area contributed by atoms with Crippen LogP contribution in [0.25, 0.3) is 10.2 Å². The van der Waals surface area contributed by atoms with E-state index in [1.807, 2.05) is 21.0 Å². The molecule has 1 atom stereocenters. The van der Waals surface area contributed by atoms with Crippen molar-refractivity contribution in [1.82, 2.24) is 20.2 Å². The van der Waals surface area contributed by atoms with Crippen LogP contribution in [0.3, 0.4) is 0 Å². The van der Waals surface area contributed by atoms with Crippen molar-refractivity contribution in [3.05, 3.63) is 40.8 Å². The highest BCUT2D eigenvalue weighted by atomic mass is 32.1. The van der Waals surface area contributed by atoms with Crippen molar-refractivity contribution in [2.24, 2.45) is 0 Å². The minimum Gasteiger partial charge on any atom is -0.486 e. The number of amides is 1. The van der Waals surface area contributed by atoms with Crippen molar-refractivity contribution in [2.75, 3.05) is 45.7 Å². The topological polar surface area (TPSA) is 88.6 Å². The third kappa shape index (κ3) is 5.81. The molecule has 4 rings (SSSR count). The van der Waals surface area contributed by atoms with Gasteiger partial charge in [0.05, 0.1) is 22.6 Å². The Hall–Kier alpha value is -2.82. The molecule has 0 radical (unpaired) electrons. The number of fused-ring (bicyclic) bond motifs is 1. The van der Waals surface area contributed by atoms with E-state index < -0.39 is 0 Å². The molecule has 0 aliphatic carbocycles. The quantitative estimate of drug-likeness (QED) is 0.439. The molecule has 0 saturated carbocycles. The number of ether oxygens (including phenoxy) is 2. The second kappa shape index (κ2) is 11.1. The van der Waals surface area contributed by atoms with E-state index in [0.717, 1.165) is 43.4 Å². The monoisotopic (exact) mass is 487 g/mol. The third-order valence-corrected chi connectivity index (χ3v) is 6.81. The SMILES string of the molecule is Cc1c(C(=O)NCCCN(C)C)sc2ncnc(Nc3ccc(F)cc3OC3CCCOC3)c12. The normalized spacial score (nSPS) is 16.1. The van der Waals surface area contributed by atoms with Gasteiger partial charge in [-0.25, -0.2) is 14.4 Å². The molecule has 182 valence electrons. The zero-order chi connectivity index (χ0) is 24.1. The van der Waals surface area contributed by atoms with E-state index in [0.29, 0.717) is 40.1 Å². The van der Waals surface area contributed by atoms with Crippen LogP contribution in [-0.4, -0.2) is 67.3 Å². The van der Waals surface area contributed by atoms with Gasteiger partial charge in [-0.05, 0) is 64.5 Å². The highest BCUT2D eigenvalue weighted by Crippen LogP contribution is 2.37. The van der Waals surface area contributed by atoms with Crippen LogP contribution in [0.15, 0.2) is 24.5 Å². The van der Waals surface area contributed by atoms with Gasteiger partial charge in [-0.2, -0.15) is 0 Å². The lowest BCUT2D eigenvalue weighted by Gasteiger charge is -2.24. The number of hydrogen-bond acceptors (Lipinski definition) is 8. The van der Waals surface area contributed by atoms with Crippen molar-refractivity contribution < 1.29 is 18.7 Å². The Labute approximate surface area is 202 Å². The predicted molar refractivity (Wildman–Crippen MR) is 132 cm³/mol. The van der Waals surface area contributed by atoms with Crippen molar-refractivity contribution in [1.29, 1.82) is 0 Å². The molecule has 2 N–H and O–H groups in total. The Morgan fingerprint density at radius 3 is 2.97 bits per heavy atom. The van der Waals surface area contributed by atoms with Crippen LogP contribution in [-0.2, 0) is 4.74 Å². The highest BCUT2D eigenvalue weighted by molar-refractivity contribution is 7.20. The van der Waals surface area contributed by atoms with Crippen LogP contribution < -0.4 is 15.4 Å². The fraction of sp³-hybridized carbons (Fsp3) is 0.458. The van der Waals surface area contributed by atoms with E-state index in [2.05, 4.69) is 25.5 Å². The summed E-state index contributed by atoms with van der Waals surface area (Å²) in [5.41, 5.74) is 1.39. The molecule has 3 heterocycles. The highest BCUT2D eigenvalue weighted by Gasteiger charge is 2.21. The maximum atomic E-state index is 14.0. The van der Waals surface area contributed by atoms with Crippen LogP contribution in [0.4, 0.5) is 15.9 Å². The van der Waals surface area contributed by atoms with Crippen LogP contribution in [0.2, 0.25) is 0 Å². The van der Waals surface area contributed by atoms with Crippen LogP contribution >= 0.6 is 11.3 Å². The first-order valence-corrected chi connectivity index (χ1v) is 12.2. The fourth-order valence-corrected chi connectivity index (χ4v) is 4.93. The van der Waals surface area contributed by atoms with Gasteiger partial charge in [-0.15, -0.1) is 11.3 Å². The summed E-state index contributed by atoms with van der Waals surface area (Å²) >= 11 is 1.33. The number of aryl methyl sites for hydroxylation is 1. The molecule has 1 fully saturated rings. The van der Waals surface area contributed by atoms with E-state index in [-0.39, 0.29) is 17.8 Å². The molecular formula is C24H30FN5O3S. The largest absolute Gasteiger partial charge is 0.486 e. The fourth-order valence-electron chi connectivity index (χ4n) is 3.87. The molecule has 34 heavy (non-hydrogen) atoms. The Balaban J connectivity index is 1.56. The Morgan fingerprint density at radius 2 is 2.21 bits per heavy atom. The lowest BCUT2D eigenvalue weighted by Crippen LogP contribution is -2.28. The number of nitrogens with zero attached hydrogens (tertiary/aromatic N) is 3. The molecule has 1 aliphatic rings. The van der Waals surface area contributed by atoms with Crippen LogP contribution in [0, 0.1) is 12.7 Å². The second-order valence-electron chi connectivity index (χ2n) is 8.59. The van der Waals surface area contributed by atoms with E-state index >= 15 is 0 Å². The average molecular weight is 488 g/mol. The number of rotatable bonds is 9. The molecule has 2 aromatic heterocycles. The number of carbonyl (C=O) groups is 1. The number of thiophene rings is 1. The smallest absolute Gasteiger partial charge is 0.261 e. The summed E-state index contributed by atoms with van der Waals surface area (Å²) in [6, 6.07) is 4.36. The Morgan fingerprint density at radius 1 is 1.35 bits per heavy atom. The Kier molecular flexibility index (Phi) is 7.91. The molecule has 0 bridgehead atoms. The molecule has 1 aromatic carbocycles. The summed E-state index contributed by atoms with van der Waals surface area (Å²) in [4.78, 5) is 25.0. The molecule has 3 aromatic rings. The number of anilines is 2. The van der Waals surface area contributed by atoms with E-state index in [1.165, 1.54) is 29.8 Å². The first-order valence-electron chi connectivity index (χ1n) is 11.4. The number of hydrogen-bond donors (Lipinski definition) is 2. The summed E-state index contributed by atoms with van der Waals surface area (Å²) in [7, 11) is 4.01. The van der Waals surface area contributed by atoms with E-state index in [1.54, 1.807) is 6.07 Å². The molecule has 1 aliphatic heterocycles. The van der Waals surface area contributed by atoms with Gasteiger partial charge in [0.25, 0.3) is 5.91 Å². The number of carbonyl (C=O) groups excluding carboxylic acids is 1. The summed E-state index contributed by atoms with van der Waals surface area (Å²) in [5, 5.41) is 7.03. The minimum absolute atomic E-state index is 0.117. The van der Waals surface area contributed by atoms with Crippen molar-refractivity contribution in [2.45, 2.75) is 32.3 Å². The standard InChI is InChI=1S/C24H30FN5O3S/c1-15-20-22(27-14-28-24(20)34-21(15)23(31)26-9-5-10-30(2)3)29-18-8-7-16(25)12-19(18)33-17-6-4-11-32-13-17/h7-8,12,14,17H,4-6,9-11,13H2,1-3H3,(H,26,31)(H,27,28,29). The lowest BCUT2D eigenvalue weighted by molar-refractivity contribution is 0.00763. The van der Waals surface area contributed by atoms with Crippen LogP contribution in [0.5, 0.6) is 5.75 Å². The van der Waals surface area contributed by atoms with E-state index in [9.17, 15) is 9.18 Å². The molecule has 8 nitrogen and oxygen atoms in total. The maximum Gasteiger partial charge on any atom is 0.261 e. The second-order valence-corrected chi connectivity index (χ2v) is 9.59. The Bertz CT molecular complexity index is 1150. The van der Waals surface area contributed by atoms with Gasteiger partial charge in [-0.3, -0.25) is 4.79 Å². The summed E-state index contributed by atoms with van der Waals surface area (Å²) in [5.74, 6) is 0.439. The van der Waals surface area contributed by atoms with E-state index in [4.69, 9.17) is 9.47 Å². The molecule has 0 spiro atoms. The van der Waals surface area contributed by atoms with Crippen molar-refractivity contribution in [3.63, 3.8) is 0 Å². The molecule has 1 unspecified atom stereocenters. The molecule has 1 amide bonds. The predicted octanol–water partition coefficient (Wildman–Crippen LogP) is 4.12. The number of halogens is 1. The zero-order valence-corrected chi connectivity index (χ0v) is 20.5. The summed E-state index contributed by atoms with van der Waals surface area (Å²) in [6.45, 7) is 4.59. The van der Waals surface area contributed by atoms with Gasteiger partial charge < -0.3 is 25.0 Å². The first-order chi connectivity index (χ1) is 16.4. The van der Waals surface area contributed by atoms with Crippen molar-refractivity contribution >= 4 is 39.0 Å². The maximum absolute atomic E-state index is 14.0. The zero-order valence-electron chi connectivity index (χ0n) is 19.7. The number of aromatic nitrogens is 2. The summed E-state index contributed by atoms with van der Waals surface area (Å²) < 4.78 is 25.6. The van der Waals surface area contributed by atoms with Gasteiger partial charge in [0.2, 0.25) is 0 Å². The molecule has 1 saturated heterocycles. The van der Waals surface area contributed by atoms with Gasteiger partial charge in [0.1, 0.15) is 34.6 Å². The third-order valence-electron chi connectivity index (χ3n) is 5.61. The number of benzene rings is 1. The average Bonchev–Trinajstić information content (AvgIpc) is 3.16. The minimum atomic E-state index is -0.384. The first kappa shape index (κ1) is 24.3. The summed E-state index contributed by atoms with van der Waals surface area (Å²) in [6.07, 6.45) is 3.95. The van der Waals surface area contributed by atoms with Gasteiger partial charge in [0, 0.05) is 19.2 Å². The van der Waals surface area contributed by atoms with Gasteiger partial charge >= 0.3 is 0 Å². The van der Waals surface area contributed by atoms with Gasteiger partial charge in [-0.1, -0.05) is 0 Å². The lowest BCUT2D eigenvalue weighted by atomic mass is 10.1. The van der Waals surface area contributed by atoms with Gasteiger partial charge in [0.15, 0.2) is 0 Å². The molecule has 10 heteroatoms. The van der Waals surface area contributed by atoms with Crippen LogP contribution in [0.1, 0.15) is 34.5 Å².